The monoisotopic (exact) mass is 235 g/mol. The summed E-state index contributed by atoms with van der Waals surface area (Å²) in [6, 6.07) is 9.45. The average molecular weight is 235 g/mol. The maximum absolute atomic E-state index is 3.79. The van der Waals surface area contributed by atoms with Gasteiger partial charge < -0.3 is 5.32 Å². The van der Waals surface area contributed by atoms with Gasteiger partial charge in [0.15, 0.2) is 0 Å². The number of benzene rings is 1. The molecule has 0 aliphatic carbocycles. The van der Waals surface area contributed by atoms with Crippen LogP contribution in [0.1, 0.15) is 19.4 Å². The van der Waals surface area contributed by atoms with Crippen LogP contribution in [0.3, 0.4) is 0 Å². The third kappa shape index (κ3) is 4.03. The molecule has 0 heterocycles. The topological polar surface area (TPSA) is 12.0 Å². The van der Waals surface area contributed by atoms with E-state index in [4.69, 9.17) is 0 Å². The van der Waals surface area contributed by atoms with Crippen LogP contribution >= 0.6 is 11.8 Å². The lowest BCUT2D eigenvalue weighted by atomic mass is 10.1. The zero-order valence-electron chi connectivity index (χ0n) is 10.4. The van der Waals surface area contributed by atoms with Gasteiger partial charge in [-0.25, -0.2) is 0 Å². The molecule has 2 unspecified atom stereocenters. The molecule has 0 aliphatic heterocycles. The fourth-order valence-corrected chi connectivity index (χ4v) is 2.41. The molecule has 0 saturated carbocycles. The molecule has 0 bridgehead atoms. The number of rotatable bonds is 6. The van der Waals surface area contributed by atoms with Gasteiger partial charge in [-0.05, 0) is 38.2 Å². The van der Waals surface area contributed by atoms with Crippen LogP contribution in [0.25, 0.3) is 0 Å². The van der Waals surface area contributed by atoms with Crippen molar-refractivity contribution in [2.75, 3.05) is 6.26 Å². The number of hydrogen-bond acceptors (Lipinski definition) is 2. The molecule has 1 nitrogen and oxygen atoms in total. The zero-order chi connectivity index (χ0) is 12.0. The smallest absolute Gasteiger partial charge is 0.0221 e. The lowest BCUT2D eigenvalue weighted by molar-refractivity contribution is 0.512. The van der Waals surface area contributed by atoms with E-state index in [1.54, 1.807) is 0 Å². The van der Waals surface area contributed by atoms with E-state index in [-0.39, 0.29) is 0 Å². The van der Waals surface area contributed by atoms with Crippen LogP contribution in [-0.2, 0) is 6.42 Å². The van der Waals surface area contributed by atoms with Crippen molar-refractivity contribution in [3.8, 4) is 0 Å². The first-order valence-electron chi connectivity index (χ1n) is 5.68. The Morgan fingerprint density at radius 3 is 2.69 bits per heavy atom. The van der Waals surface area contributed by atoms with Gasteiger partial charge in [-0.2, -0.15) is 0 Å². The summed E-state index contributed by atoms with van der Waals surface area (Å²) in [6.45, 7) is 8.14. The van der Waals surface area contributed by atoms with Gasteiger partial charge in [0, 0.05) is 17.0 Å². The minimum atomic E-state index is 0.372. The highest BCUT2D eigenvalue weighted by Gasteiger charge is 2.08. The van der Waals surface area contributed by atoms with Crippen LogP contribution in [-0.4, -0.2) is 18.3 Å². The van der Waals surface area contributed by atoms with Gasteiger partial charge in [0.2, 0.25) is 0 Å². The molecule has 1 N–H and O–H groups in total. The largest absolute Gasteiger partial charge is 0.308 e. The van der Waals surface area contributed by atoms with E-state index >= 15 is 0 Å². The third-order valence-electron chi connectivity index (χ3n) is 2.62. The molecule has 2 atom stereocenters. The van der Waals surface area contributed by atoms with Crippen LogP contribution in [0, 0.1) is 0 Å². The zero-order valence-corrected chi connectivity index (χ0v) is 11.2. The van der Waals surface area contributed by atoms with Gasteiger partial charge in [0.25, 0.3) is 0 Å². The highest BCUT2D eigenvalue weighted by Crippen LogP contribution is 2.21. The third-order valence-corrected chi connectivity index (χ3v) is 3.46. The molecule has 2 heteroatoms. The van der Waals surface area contributed by atoms with Gasteiger partial charge in [0.05, 0.1) is 0 Å². The van der Waals surface area contributed by atoms with Gasteiger partial charge in [-0.15, -0.1) is 18.3 Å². The summed E-state index contributed by atoms with van der Waals surface area (Å²) in [5.74, 6) is 0. The first-order valence-corrected chi connectivity index (χ1v) is 6.90. The van der Waals surface area contributed by atoms with Crippen molar-refractivity contribution in [3.05, 3.63) is 42.5 Å². The second kappa shape index (κ2) is 6.77. The normalized spacial score (nSPS) is 14.4. The second-order valence-corrected chi connectivity index (χ2v) is 4.96. The minimum absolute atomic E-state index is 0.372. The molecule has 88 valence electrons. The van der Waals surface area contributed by atoms with Gasteiger partial charge in [-0.3, -0.25) is 0 Å². The van der Waals surface area contributed by atoms with Gasteiger partial charge in [-0.1, -0.05) is 24.3 Å². The molecule has 1 aromatic rings. The van der Waals surface area contributed by atoms with E-state index < -0.39 is 0 Å². The molecule has 1 rings (SSSR count). The summed E-state index contributed by atoms with van der Waals surface area (Å²) in [5.41, 5.74) is 1.42. The van der Waals surface area contributed by atoms with Crippen LogP contribution in [0.4, 0.5) is 0 Å². The average Bonchev–Trinajstić information content (AvgIpc) is 2.29. The highest BCUT2D eigenvalue weighted by molar-refractivity contribution is 7.98. The molecule has 1 aromatic carbocycles. The second-order valence-electron chi connectivity index (χ2n) is 4.11. The lowest BCUT2D eigenvalue weighted by Crippen LogP contribution is -2.34. The quantitative estimate of drug-likeness (QED) is 0.598. The van der Waals surface area contributed by atoms with E-state index in [1.165, 1.54) is 10.5 Å². The number of thioether (sulfide) groups is 1. The molecule has 0 spiro atoms. The summed E-state index contributed by atoms with van der Waals surface area (Å²) in [5, 5.41) is 3.50. The highest BCUT2D eigenvalue weighted by atomic mass is 32.2. The summed E-state index contributed by atoms with van der Waals surface area (Å²) in [4.78, 5) is 1.38. The van der Waals surface area contributed by atoms with E-state index in [0.29, 0.717) is 12.1 Å². The van der Waals surface area contributed by atoms with Crippen molar-refractivity contribution in [1.82, 2.24) is 5.32 Å². The number of nitrogens with one attached hydrogen (secondary N) is 1. The Hall–Kier alpha value is -0.730. The summed E-state index contributed by atoms with van der Waals surface area (Å²) in [6.07, 6.45) is 5.13. The lowest BCUT2D eigenvalue weighted by Gasteiger charge is -2.18. The minimum Gasteiger partial charge on any atom is -0.308 e. The summed E-state index contributed by atoms with van der Waals surface area (Å²) in [7, 11) is 0. The molecular formula is C14H21NS. The van der Waals surface area contributed by atoms with Crippen molar-refractivity contribution in [1.29, 1.82) is 0 Å². The maximum atomic E-state index is 3.79. The first-order chi connectivity index (χ1) is 7.67. The van der Waals surface area contributed by atoms with Crippen LogP contribution in [0.5, 0.6) is 0 Å². The van der Waals surface area contributed by atoms with Crippen LogP contribution in [0.15, 0.2) is 41.8 Å². The summed E-state index contributed by atoms with van der Waals surface area (Å²) >= 11 is 1.81. The fraction of sp³-hybridized carbons (Fsp3) is 0.429. The van der Waals surface area contributed by atoms with E-state index in [2.05, 4.69) is 56.3 Å². The Balaban J connectivity index is 2.61. The number of hydrogen-bond donors (Lipinski definition) is 1. The molecule has 0 radical (unpaired) electrons. The van der Waals surface area contributed by atoms with Crippen LogP contribution in [0.2, 0.25) is 0 Å². The predicted molar refractivity (Wildman–Crippen MR) is 74.2 cm³/mol. The Kier molecular flexibility index (Phi) is 5.64. The van der Waals surface area contributed by atoms with Crippen LogP contribution < -0.4 is 5.32 Å². The maximum Gasteiger partial charge on any atom is 0.0221 e. The van der Waals surface area contributed by atoms with Crippen molar-refractivity contribution < 1.29 is 0 Å². The van der Waals surface area contributed by atoms with Gasteiger partial charge in [0.1, 0.15) is 0 Å². The molecule has 0 amide bonds. The van der Waals surface area contributed by atoms with Crippen molar-refractivity contribution in [2.45, 2.75) is 37.2 Å². The van der Waals surface area contributed by atoms with Crippen molar-refractivity contribution in [2.24, 2.45) is 0 Å². The SMILES string of the molecule is C=CC(C)NC(C)Cc1ccccc1SC. The molecular weight excluding hydrogens is 214 g/mol. The van der Waals surface area contributed by atoms with E-state index in [9.17, 15) is 0 Å². The van der Waals surface area contributed by atoms with Gasteiger partial charge >= 0.3 is 0 Å². The molecule has 0 aliphatic rings. The molecule has 0 aromatic heterocycles. The van der Waals surface area contributed by atoms with E-state index in [1.807, 2.05) is 17.8 Å². The molecule has 0 saturated heterocycles. The van der Waals surface area contributed by atoms with Crippen molar-refractivity contribution in [3.63, 3.8) is 0 Å². The molecule has 0 fully saturated rings. The molecule has 16 heavy (non-hydrogen) atoms. The fourth-order valence-electron chi connectivity index (χ4n) is 1.78. The first kappa shape index (κ1) is 13.3. The predicted octanol–water partition coefficient (Wildman–Crippen LogP) is 3.50. The standard InChI is InChI=1S/C14H21NS/c1-5-11(2)15-12(3)10-13-8-6-7-9-14(13)16-4/h5-9,11-12,15H,1,10H2,2-4H3. The Labute approximate surface area is 103 Å². The Morgan fingerprint density at radius 1 is 1.38 bits per heavy atom. The van der Waals surface area contributed by atoms with E-state index in [0.717, 1.165) is 6.42 Å². The Morgan fingerprint density at radius 2 is 2.06 bits per heavy atom. The Bertz CT molecular complexity index is 335. The summed E-state index contributed by atoms with van der Waals surface area (Å²) < 4.78 is 0. The van der Waals surface area contributed by atoms with Crippen molar-refractivity contribution >= 4 is 11.8 Å².